The molecule has 0 unspecified atom stereocenters. The van der Waals surface area contributed by atoms with E-state index in [4.69, 9.17) is 0 Å². The summed E-state index contributed by atoms with van der Waals surface area (Å²) < 4.78 is 2.03. The minimum absolute atomic E-state index is 0.0193. The van der Waals surface area contributed by atoms with Crippen molar-refractivity contribution in [3.63, 3.8) is 0 Å². The highest BCUT2D eigenvalue weighted by Gasteiger charge is 2.20. The SMILES string of the molecule is CCCN(CC(=O)Nc1ccccc1C)C(=O)CSc1nnc(-c2ccncc2)n1CCC. The van der Waals surface area contributed by atoms with E-state index in [9.17, 15) is 9.59 Å². The summed E-state index contributed by atoms with van der Waals surface area (Å²) in [4.78, 5) is 31.2. The van der Waals surface area contributed by atoms with Crippen LogP contribution in [0.15, 0.2) is 53.9 Å². The van der Waals surface area contributed by atoms with Crippen molar-refractivity contribution < 1.29 is 9.59 Å². The summed E-state index contributed by atoms with van der Waals surface area (Å²) in [6.07, 6.45) is 5.13. The van der Waals surface area contributed by atoms with Crippen molar-refractivity contribution in [1.29, 1.82) is 0 Å². The maximum atomic E-state index is 13.0. The Balaban J connectivity index is 1.65. The number of rotatable bonds is 11. The minimum atomic E-state index is -0.203. The number of benzene rings is 1. The Hall–Kier alpha value is -3.20. The van der Waals surface area contributed by atoms with Crippen molar-refractivity contribution in [1.82, 2.24) is 24.6 Å². The first-order valence-electron chi connectivity index (χ1n) is 11.1. The molecule has 0 radical (unpaired) electrons. The highest BCUT2D eigenvalue weighted by molar-refractivity contribution is 7.99. The smallest absolute Gasteiger partial charge is 0.244 e. The van der Waals surface area contributed by atoms with Crippen molar-refractivity contribution in [2.45, 2.75) is 45.3 Å². The van der Waals surface area contributed by atoms with Gasteiger partial charge in [-0.25, -0.2) is 0 Å². The molecule has 0 aliphatic heterocycles. The van der Waals surface area contributed by atoms with E-state index in [1.54, 1.807) is 17.3 Å². The molecule has 2 amide bonds. The van der Waals surface area contributed by atoms with E-state index in [-0.39, 0.29) is 24.1 Å². The second-order valence-electron chi connectivity index (χ2n) is 7.66. The Morgan fingerprint density at radius 1 is 1.06 bits per heavy atom. The Morgan fingerprint density at radius 2 is 1.82 bits per heavy atom. The maximum Gasteiger partial charge on any atom is 0.244 e. The first-order valence-corrected chi connectivity index (χ1v) is 12.1. The molecule has 0 atom stereocenters. The number of carbonyl (C=O) groups is 2. The molecule has 1 N–H and O–H groups in total. The van der Waals surface area contributed by atoms with Crippen molar-refractivity contribution in [2.75, 3.05) is 24.2 Å². The largest absolute Gasteiger partial charge is 0.333 e. The molecular formula is C24H30N6O2S. The van der Waals surface area contributed by atoms with E-state index >= 15 is 0 Å². The van der Waals surface area contributed by atoms with Gasteiger partial charge in [-0.2, -0.15) is 0 Å². The summed E-state index contributed by atoms with van der Waals surface area (Å²) in [5, 5.41) is 12.3. The summed E-state index contributed by atoms with van der Waals surface area (Å²) in [5.74, 6) is 0.649. The zero-order valence-electron chi connectivity index (χ0n) is 19.3. The number of para-hydroxylation sites is 1. The van der Waals surface area contributed by atoms with Crippen LogP contribution >= 0.6 is 11.8 Å². The molecule has 0 saturated carbocycles. The first-order chi connectivity index (χ1) is 16.0. The molecule has 1 aromatic carbocycles. The minimum Gasteiger partial charge on any atom is -0.333 e. The molecule has 0 aliphatic rings. The third-order valence-corrected chi connectivity index (χ3v) is 5.98. The molecule has 3 aromatic rings. The Morgan fingerprint density at radius 3 is 2.52 bits per heavy atom. The number of pyridine rings is 1. The van der Waals surface area contributed by atoms with Crippen LogP contribution in [0.3, 0.4) is 0 Å². The van der Waals surface area contributed by atoms with Crippen molar-refractivity contribution >= 4 is 29.3 Å². The quantitative estimate of drug-likeness (QED) is 0.429. The van der Waals surface area contributed by atoms with Gasteiger partial charge in [0.05, 0.1) is 12.3 Å². The van der Waals surface area contributed by atoms with Gasteiger partial charge in [-0.05, 0) is 43.5 Å². The number of thioether (sulfide) groups is 1. The van der Waals surface area contributed by atoms with Crippen LogP contribution < -0.4 is 5.32 Å². The molecule has 9 heteroatoms. The zero-order valence-corrected chi connectivity index (χ0v) is 20.1. The van der Waals surface area contributed by atoms with Crippen LogP contribution in [0.4, 0.5) is 5.69 Å². The lowest BCUT2D eigenvalue weighted by molar-refractivity contribution is -0.132. The average molecular weight is 467 g/mol. The Labute approximate surface area is 198 Å². The number of aryl methyl sites for hydroxylation is 1. The summed E-state index contributed by atoms with van der Waals surface area (Å²) in [6, 6.07) is 11.4. The lowest BCUT2D eigenvalue weighted by Gasteiger charge is -2.21. The summed E-state index contributed by atoms with van der Waals surface area (Å²) >= 11 is 1.35. The predicted molar refractivity (Wildman–Crippen MR) is 131 cm³/mol. The third-order valence-electron chi connectivity index (χ3n) is 5.03. The number of carbonyl (C=O) groups excluding carboxylic acids is 2. The van der Waals surface area contributed by atoms with Crippen LogP contribution in [0.1, 0.15) is 32.3 Å². The van der Waals surface area contributed by atoms with Crippen LogP contribution in [0.5, 0.6) is 0 Å². The molecule has 0 spiro atoms. The molecule has 174 valence electrons. The standard InChI is InChI=1S/C24H30N6O2S/c1-4-14-29(16-21(31)26-20-9-7-6-8-18(20)3)22(32)17-33-24-28-27-23(30(24)15-5-2)19-10-12-25-13-11-19/h6-13H,4-5,14-17H2,1-3H3,(H,26,31). The summed E-state index contributed by atoms with van der Waals surface area (Å²) in [5.41, 5.74) is 2.68. The number of amides is 2. The Kier molecular flexibility index (Phi) is 9.00. The molecule has 0 aliphatic carbocycles. The predicted octanol–water partition coefficient (Wildman–Crippen LogP) is 4.03. The molecule has 2 aromatic heterocycles. The molecular weight excluding hydrogens is 436 g/mol. The topological polar surface area (TPSA) is 93.0 Å². The van der Waals surface area contributed by atoms with Crippen molar-refractivity contribution in [3.8, 4) is 11.4 Å². The second kappa shape index (κ2) is 12.2. The van der Waals surface area contributed by atoms with Gasteiger partial charge in [0.1, 0.15) is 0 Å². The van der Waals surface area contributed by atoms with E-state index < -0.39 is 0 Å². The fourth-order valence-corrected chi connectivity index (χ4v) is 4.26. The van der Waals surface area contributed by atoms with E-state index in [1.165, 1.54) is 11.8 Å². The van der Waals surface area contributed by atoms with Crippen LogP contribution in [-0.4, -0.2) is 55.3 Å². The first kappa shape index (κ1) is 24.4. The fraction of sp³-hybridized carbons (Fsp3) is 0.375. The molecule has 33 heavy (non-hydrogen) atoms. The van der Waals surface area contributed by atoms with Gasteiger partial charge in [0.15, 0.2) is 11.0 Å². The van der Waals surface area contributed by atoms with Crippen LogP contribution in [0.25, 0.3) is 11.4 Å². The number of hydrogen-bond acceptors (Lipinski definition) is 6. The highest BCUT2D eigenvalue weighted by Crippen LogP contribution is 2.24. The molecule has 0 bridgehead atoms. The number of hydrogen-bond donors (Lipinski definition) is 1. The van der Waals surface area contributed by atoms with E-state index in [2.05, 4.69) is 27.4 Å². The van der Waals surface area contributed by atoms with Gasteiger partial charge in [0.2, 0.25) is 11.8 Å². The van der Waals surface area contributed by atoms with Gasteiger partial charge < -0.3 is 14.8 Å². The zero-order chi connectivity index (χ0) is 23.6. The number of aromatic nitrogens is 4. The normalized spacial score (nSPS) is 10.8. The maximum absolute atomic E-state index is 13.0. The number of nitrogens with zero attached hydrogens (tertiary/aromatic N) is 5. The lowest BCUT2D eigenvalue weighted by atomic mass is 10.2. The molecule has 0 fully saturated rings. The van der Waals surface area contributed by atoms with Crippen LogP contribution in [0.2, 0.25) is 0 Å². The van der Waals surface area contributed by atoms with E-state index in [1.807, 2.05) is 54.8 Å². The second-order valence-corrected chi connectivity index (χ2v) is 8.60. The molecule has 2 heterocycles. The Bertz CT molecular complexity index is 1070. The van der Waals surface area contributed by atoms with Crippen LogP contribution in [-0.2, 0) is 16.1 Å². The monoisotopic (exact) mass is 466 g/mol. The molecule has 3 rings (SSSR count). The van der Waals surface area contributed by atoms with Gasteiger partial charge in [0, 0.05) is 36.7 Å². The van der Waals surface area contributed by atoms with Gasteiger partial charge in [0.25, 0.3) is 0 Å². The number of nitrogens with one attached hydrogen (secondary N) is 1. The molecule has 8 nitrogen and oxygen atoms in total. The van der Waals surface area contributed by atoms with Gasteiger partial charge in [-0.15, -0.1) is 10.2 Å². The average Bonchev–Trinajstić information content (AvgIpc) is 3.22. The highest BCUT2D eigenvalue weighted by atomic mass is 32.2. The van der Waals surface area contributed by atoms with Gasteiger partial charge in [-0.3, -0.25) is 14.6 Å². The summed E-state index contributed by atoms with van der Waals surface area (Å²) in [6.45, 7) is 7.31. The van der Waals surface area contributed by atoms with E-state index in [0.29, 0.717) is 11.7 Å². The van der Waals surface area contributed by atoms with Gasteiger partial charge in [-0.1, -0.05) is 43.8 Å². The lowest BCUT2D eigenvalue weighted by Crippen LogP contribution is -2.39. The summed E-state index contributed by atoms with van der Waals surface area (Å²) in [7, 11) is 0. The fourth-order valence-electron chi connectivity index (χ4n) is 3.39. The van der Waals surface area contributed by atoms with Crippen molar-refractivity contribution in [3.05, 3.63) is 54.4 Å². The third kappa shape index (κ3) is 6.64. The van der Waals surface area contributed by atoms with Gasteiger partial charge >= 0.3 is 0 Å². The van der Waals surface area contributed by atoms with Crippen molar-refractivity contribution in [2.24, 2.45) is 0 Å². The molecule has 0 saturated heterocycles. The van der Waals surface area contributed by atoms with Crippen LogP contribution in [0, 0.1) is 6.92 Å². The number of anilines is 1. The van der Waals surface area contributed by atoms with E-state index in [0.717, 1.165) is 42.0 Å².